The monoisotopic (exact) mass is 238 g/mol. The van der Waals surface area contributed by atoms with Crippen LogP contribution >= 0.6 is 0 Å². The summed E-state index contributed by atoms with van der Waals surface area (Å²) in [6.07, 6.45) is 4.74. The van der Waals surface area contributed by atoms with Gasteiger partial charge in [0.25, 0.3) is 0 Å². The second-order valence-corrected chi connectivity index (χ2v) is 4.56. The number of nitrogens with one attached hydrogen (secondary N) is 1. The number of nitrogens with zero attached hydrogens (tertiary/aromatic N) is 3. The quantitative estimate of drug-likeness (QED) is 0.740. The fourth-order valence-electron chi connectivity index (χ4n) is 1.42. The number of carbonyl (C=O) groups is 1. The van der Waals surface area contributed by atoms with Crippen molar-refractivity contribution < 1.29 is 4.79 Å². The van der Waals surface area contributed by atoms with Gasteiger partial charge < -0.3 is 5.32 Å². The molecule has 1 unspecified atom stereocenters. The molecule has 5 nitrogen and oxygen atoms in total. The standard InChI is InChI=1S/C12H22N4O/c1-10-8-14-16(9-10)7-5-6-13-12(17)11(2)15(3)4/h8-9,11H,5-7H2,1-4H3,(H,13,17). The van der Waals surface area contributed by atoms with Crippen molar-refractivity contribution in [1.82, 2.24) is 20.0 Å². The second-order valence-electron chi connectivity index (χ2n) is 4.56. The molecular weight excluding hydrogens is 216 g/mol. The summed E-state index contributed by atoms with van der Waals surface area (Å²) in [5.74, 6) is 0.0756. The number of hydrogen-bond donors (Lipinski definition) is 1. The van der Waals surface area contributed by atoms with Crippen molar-refractivity contribution in [3.63, 3.8) is 0 Å². The summed E-state index contributed by atoms with van der Waals surface area (Å²) in [4.78, 5) is 13.5. The molecule has 1 heterocycles. The fraction of sp³-hybridized carbons (Fsp3) is 0.667. The van der Waals surface area contributed by atoms with Gasteiger partial charge in [-0.05, 0) is 39.9 Å². The van der Waals surface area contributed by atoms with Crippen molar-refractivity contribution in [2.45, 2.75) is 32.9 Å². The first-order chi connectivity index (χ1) is 8.00. The zero-order valence-electron chi connectivity index (χ0n) is 11.1. The van der Waals surface area contributed by atoms with Crippen LogP contribution in [0.1, 0.15) is 18.9 Å². The lowest BCUT2D eigenvalue weighted by Gasteiger charge is -2.18. The minimum Gasteiger partial charge on any atom is -0.355 e. The molecule has 1 rings (SSSR count). The number of hydrogen-bond acceptors (Lipinski definition) is 3. The van der Waals surface area contributed by atoms with Crippen LogP contribution < -0.4 is 5.32 Å². The van der Waals surface area contributed by atoms with Crippen LogP contribution in [0.3, 0.4) is 0 Å². The molecule has 0 bridgehead atoms. The van der Waals surface area contributed by atoms with Gasteiger partial charge in [-0.1, -0.05) is 0 Å². The molecule has 17 heavy (non-hydrogen) atoms. The van der Waals surface area contributed by atoms with E-state index in [0.29, 0.717) is 6.54 Å². The van der Waals surface area contributed by atoms with Crippen molar-refractivity contribution >= 4 is 5.91 Å². The van der Waals surface area contributed by atoms with Gasteiger partial charge in [-0.15, -0.1) is 0 Å². The maximum Gasteiger partial charge on any atom is 0.237 e. The highest BCUT2D eigenvalue weighted by Gasteiger charge is 2.13. The summed E-state index contributed by atoms with van der Waals surface area (Å²) in [5.41, 5.74) is 1.16. The summed E-state index contributed by atoms with van der Waals surface area (Å²) in [5, 5.41) is 7.11. The number of amides is 1. The zero-order chi connectivity index (χ0) is 12.8. The molecule has 0 aliphatic rings. The van der Waals surface area contributed by atoms with Crippen LogP contribution in [-0.2, 0) is 11.3 Å². The van der Waals surface area contributed by atoms with E-state index < -0.39 is 0 Å². The smallest absolute Gasteiger partial charge is 0.237 e. The van der Waals surface area contributed by atoms with Crippen molar-refractivity contribution in [2.24, 2.45) is 0 Å². The zero-order valence-corrected chi connectivity index (χ0v) is 11.1. The molecule has 0 saturated heterocycles. The average molecular weight is 238 g/mol. The van der Waals surface area contributed by atoms with Crippen LogP contribution in [0.25, 0.3) is 0 Å². The Hall–Kier alpha value is -1.36. The van der Waals surface area contributed by atoms with Crippen molar-refractivity contribution in [2.75, 3.05) is 20.6 Å². The highest BCUT2D eigenvalue weighted by Crippen LogP contribution is 1.96. The van der Waals surface area contributed by atoms with E-state index in [-0.39, 0.29) is 11.9 Å². The van der Waals surface area contributed by atoms with Gasteiger partial charge in [0.1, 0.15) is 0 Å². The molecule has 96 valence electrons. The molecular formula is C12H22N4O. The molecule has 0 fully saturated rings. The van der Waals surface area contributed by atoms with E-state index >= 15 is 0 Å². The summed E-state index contributed by atoms with van der Waals surface area (Å²) in [7, 11) is 3.80. The Morgan fingerprint density at radius 3 is 2.82 bits per heavy atom. The molecule has 0 saturated carbocycles. The van der Waals surface area contributed by atoms with Crippen LogP contribution in [0.2, 0.25) is 0 Å². The normalized spacial score (nSPS) is 12.8. The van der Waals surface area contributed by atoms with Crippen LogP contribution in [0.5, 0.6) is 0 Å². The van der Waals surface area contributed by atoms with E-state index in [9.17, 15) is 4.79 Å². The third kappa shape index (κ3) is 4.56. The largest absolute Gasteiger partial charge is 0.355 e. The van der Waals surface area contributed by atoms with Gasteiger partial charge in [-0.25, -0.2) is 0 Å². The van der Waals surface area contributed by atoms with Gasteiger partial charge >= 0.3 is 0 Å². The Bertz CT molecular complexity index is 359. The third-order valence-electron chi connectivity index (χ3n) is 2.78. The molecule has 1 N–H and O–H groups in total. The molecule has 1 aromatic heterocycles. The van der Waals surface area contributed by atoms with Gasteiger partial charge in [0.05, 0.1) is 12.2 Å². The van der Waals surface area contributed by atoms with E-state index in [2.05, 4.69) is 10.4 Å². The molecule has 0 aliphatic carbocycles. The number of likely N-dealkylation sites (N-methyl/N-ethyl adjacent to an activating group) is 1. The topological polar surface area (TPSA) is 50.2 Å². The first-order valence-corrected chi connectivity index (χ1v) is 5.94. The molecule has 1 amide bonds. The Labute approximate surface area is 103 Å². The molecule has 1 atom stereocenters. The summed E-state index contributed by atoms with van der Waals surface area (Å²) in [6.45, 7) is 5.44. The molecule has 5 heteroatoms. The van der Waals surface area contributed by atoms with Gasteiger partial charge in [0, 0.05) is 19.3 Å². The first kappa shape index (κ1) is 13.7. The summed E-state index contributed by atoms with van der Waals surface area (Å²) < 4.78 is 1.90. The molecule has 0 radical (unpaired) electrons. The number of rotatable bonds is 6. The molecule has 1 aromatic rings. The minimum atomic E-state index is -0.0815. The fourth-order valence-corrected chi connectivity index (χ4v) is 1.42. The Morgan fingerprint density at radius 1 is 1.59 bits per heavy atom. The van der Waals surface area contributed by atoms with Gasteiger partial charge in [-0.2, -0.15) is 5.10 Å². The van der Waals surface area contributed by atoms with E-state index in [0.717, 1.165) is 18.5 Å². The molecule has 0 spiro atoms. The van der Waals surface area contributed by atoms with E-state index in [4.69, 9.17) is 0 Å². The lowest BCUT2D eigenvalue weighted by atomic mass is 10.3. The van der Waals surface area contributed by atoms with Crippen LogP contribution in [0, 0.1) is 6.92 Å². The van der Waals surface area contributed by atoms with E-state index in [1.807, 2.05) is 49.9 Å². The Balaban J connectivity index is 2.18. The number of aryl methyl sites for hydroxylation is 2. The second kappa shape index (κ2) is 6.39. The highest BCUT2D eigenvalue weighted by molar-refractivity contribution is 5.81. The maximum atomic E-state index is 11.6. The predicted octanol–water partition coefficient (Wildman–Crippen LogP) is 0.648. The highest BCUT2D eigenvalue weighted by atomic mass is 16.2. The van der Waals surface area contributed by atoms with Crippen LogP contribution in [-0.4, -0.2) is 47.3 Å². The van der Waals surface area contributed by atoms with Gasteiger partial charge in [-0.3, -0.25) is 14.4 Å². The van der Waals surface area contributed by atoms with E-state index in [1.54, 1.807) is 0 Å². The van der Waals surface area contributed by atoms with Crippen molar-refractivity contribution in [3.8, 4) is 0 Å². The van der Waals surface area contributed by atoms with Gasteiger partial charge in [0.2, 0.25) is 5.91 Å². The van der Waals surface area contributed by atoms with Crippen LogP contribution in [0.4, 0.5) is 0 Å². The van der Waals surface area contributed by atoms with Crippen LogP contribution in [0.15, 0.2) is 12.4 Å². The Morgan fingerprint density at radius 2 is 2.29 bits per heavy atom. The lowest BCUT2D eigenvalue weighted by molar-refractivity contribution is -0.125. The Kier molecular flexibility index (Phi) is 5.15. The van der Waals surface area contributed by atoms with E-state index in [1.165, 1.54) is 0 Å². The first-order valence-electron chi connectivity index (χ1n) is 5.94. The molecule has 0 aromatic carbocycles. The molecule has 0 aliphatic heterocycles. The third-order valence-corrected chi connectivity index (χ3v) is 2.78. The minimum absolute atomic E-state index is 0.0756. The number of carbonyl (C=O) groups excluding carboxylic acids is 1. The van der Waals surface area contributed by atoms with Crippen molar-refractivity contribution in [1.29, 1.82) is 0 Å². The number of aromatic nitrogens is 2. The summed E-state index contributed by atoms with van der Waals surface area (Å²) in [6, 6.07) is -0.0815. The maximum absolute atomic E-state index is 11.6. The lowest BCUT2D eigenvalue weighted by Crippen LogP contribution is -2.41. The SMILES string of the molecule is Cc1cnn(CCCNC(=O)C(C)N(C)C)c1. The average Bonchev–Trinajstić information content (AvgIpc) is 2.69. The summed E-state index contributed by atoms with van der Waals surface area (Å²) >= 11 is 0. The predicted molar refractivity (Wildman–Crippen MR) is 67.7 cm³/mol. The van der Waals surface area contributed by atoms with Gasteiger partial charge in [0.15, 0.2) is 0 Å². The van der Waals surface area contributed by atoms with Crippen molar-refractivity contribution in [3.05, 3.63) is 18.0 Å².